The zero-order valence-electron chi connectivity index (χ0n) is 23.3. The Morgan fingerprint density at radius 2 is 1.73 bits per heavy atom. The van der Waals surface area contributed by atoms with Gasteiger partial charge in [0.05, 0.1) is 11.4 Å². The van der Waals surface area contributed by atoms with Gasteiger partial charge in [-0.2, -0.15) is 0 Å². The maximum Gasteiger partial charge on any atom is 0.411 e. The number of terminal acetylenes is 1. The van der Waals surface area contributed by atoms with Crippen LogP contribution in [-0.2, 0) is 21.4 Å². The smallest absolute Gasteiger partial charge is 0.411 e. The topological polar surface area (TPSA) is 70.2 Å². The van der Waals surface area contributed by atoms with E-state index in [1.165, 1.54) is 9.18 Å². The Bertz CT molecular complexity index is 1340. The average molecular weight is 616 g/mol. The number of thiophene rings is 1. The quantitative estimate of drug-likeness (QED) is 0.245. The van der Waals surface area contributed by atoms with Crippen LogP contribution in [0.1, 0.15) is 35.6 Å². The monoisotopic (exact) mass is 615 g/mol. The van der Waals surface area contributed by atoms with Crippen molar-refractivity contribution in [2.45, 2.75) is 42.7 Å². The van der Waals surface area contributed by atoms with E-state index in [0.29, 0.717) is 11.4 Å². The highest BCUT2D eigenvalue weighted by Crippen LogP contribution is 2.28. The van der Waals surface area contributed by atoms with Crippen molar-refractivity contribution in [2.75, 3.05) is 39.8 Å². The number of amides is 1. The van der Waals surface area contributed by atoms with Gasteiger partial charge in [0.1, 0.15) is 6.61 Å². The van der Waals surface area contributed by atoms with Crippen molar-refractivity contribution in [2.24, 2.45) is 0 Å². The van der Waals surface area contributed by atoms with Crippen molar-refractivity contribution in [3.8, 4) is 12.3 Å². The molecule has 41 heavy (non-hydrogen) atoms. The van der Waals surface area contributed by atoms with Gasteiger partial charge in [0.25, 0.3) is 0 Å². The molecule has 2 aromatic carbocycles. The van der Waals surface area contributed by atoms with Gasteiger partial charge < -0.3 is 9.64 Å². The van der Waals surface area contributed by atoms with E-state index in [-0.39, 0.29) is 43.6 Å². The number of carbonyl (C=O) groups is 1. The van der Waals surface area contributed by atoms with E-state index in [4.69, 9.17) is 11.2 Å². The van der Waals surface area contributed by atoms with E-state index in [0.717, 1.165) is 44.5 Å². The molecule has 0 aliphatic carbocycles. The molecule has 1 aliphatic heterocycles. The number of carbonyl (C=O) groups excluding carboxylic acids is 1. The summed E-state index contributed by atoms with van der Waals surface area (Å²) in [7, 11) is -1.90. The Labute approximate surface area is 254 Å². The van der Waals surface area contributed by atoms with E-state index < -0.39 is 10.0 Å². The first-order valence-electron chi connectivity index (χ1n) is 13.6. The molecule has 4 rings (SSSR count). The molecule has 220 valence electrons. The molecule has 1 aromatic heterocycles. The van der Waals surface area contributed by atoms with Gasteiger partial charge in [-0.05, 0) is 54.9 Å². The largest absolute Gasteiger partial charge is 0.445 e. The summed E-state index contributed by atoms with van der Waals surface area (Å²) >= 11 is 1.67. The first-order chi connectivity index (χ1) is 19.4. The van der Waals surface area contributed by atoms with Crippen molar-refractivity contribution in [3.63, 3.8) is 0 Å². The van der Waals surface area contributed by atoms with Crippen LogP contribution in [0.3, 0.4) is 0 Å². The van der Waals surface area contributed by atoms with Crippen LogP contribution in [0.15, 0.2) is 83.1 Å². The normalized spacial score (nSPS) is 15.0. The summed E-state index contributed by atoms with van der Waals surface area (Å²) in [5, 5.41) is 2.04. The number of piperidine rings is 1. The summed E-state index contributed by atoms with van der Waals surface area (Å²) in [6.07, 6.45) is 7.68. The molecule has 0 N–H and O–H groups in total. The van der Waals surface area contributed by atoms with Gasteiger partial charge in [-0.3, -0.25) is 4.90 Å². The maximum atomic E-state index is 13.1. The van der Waals surface area contributed by atoms with Crippen LogP contribution < -0.4 is 0 Å². The Morgan fingerprint density at radius 1 is 1.07 bits per heavy atom. The summed E-state index contributed by atoms with van der Waals surface area (Å²) in [6, 6.07) is 22.3. The standard InChI is InChI=1S/C31H37N3O4S2.ClH/c1-3-19-34(31(35)38-25-26-11-6-4-7-12-26)28-17-21-33(22-18-28)20-16-27(30-15-10-23-39-30)24-32(2)40(36,37)29-13-8-5-9-14-29;/h1,4-15,23,27-28H,16-22,24-25H2,2H3;1H/t27-;/m1./s1. The Morgan fingerprint density at radius 3 is 2.34 bits per heavy atom. The van der Waals surface area contributed by atoms with Crippen LogP contribution in [-0.4, -0.2) is 74.4 Å². The molecule has 0 saturated carbocycles. The molecule has 1 atom stereocenters. The summed E-state index contributed by atoms with van der Waals surface area (Å²) in [6.45, 7) is 3.39. The zero-order valence-corrected chi connectivity index (χ0v) is 25.8. The molecule has 7 nitrogen and oxygen atoms in total. The highest BCUT2D eigenvalue weighted by Gasteiger charge is 2.30. The van der Waals surface area contributed by atoms with Crippen LogP contribution >= 0.6 is 23.7 Å². The second-order valence-corrected chi connectivity index (χ2v) is 13.1. The van der Waals surface area contributed by atoms with E-state index in [2.05, 4.69) is 16.9 Å². The molecule has 0 bridgehead atoms. The number of likely N-dealkylation sites (tertiary alicyclic amines) is 1. The minimum absolute atomic E-state index is 0. The fraction of sp³-hybridized carbons (Fsp3) is 0.387. The molecule has 2 heterocycles. The van der Waals surface area contributed by atoms with Crippen LogP contribution in [0.25, 0.3) is 0 Å². The second kappa shape index (κ2) is 15.9. The first-order valence-corrected chi connectivity index (χ1v) is 15.9. The summed E-state index contributed by atoms with van der Waals surface area (Å²) in [5.41, 5.74) is 0.939. The number of halogens is 1. The van der Waals surface area contributed by atoms with E-state index >= 15 is 0 Å². The predicted octanol–water partition coefficient (Wildman–Crippen LogP) is 5.70. The SMILES string of the molecule is C#CCN(C(=O)OCc1ccccc1)C1CCN(CC[C@H](CN(C)S(=O)(=O)c2ccccc2)c2cccs2)CC1.Cl. The number of rotatable bonds is 12. The van der Waals surface area contributed by atoms with Gasteiger partial charge >= 0.3 is 6.09 Å². The van der Waals surface area contributed by atoms with Crippen molar-refractivity contribution in [3.05, 3.63) is 88.6 Å². The third kappa shape index (κ3) is 9.06. The molecule has 3 aromatic rings. The van der Waals surface area contributed by atoms with Crippen molar-refractivity contribution < 1.29 is 17.9 Å². The molecule has 1 amide bonds. The van der Waals surface area contributed by atoms with E-state index in [1.807, 2.05) is 47.8 Å². The minimum Gasteiger partial charge on any atom is -0.445 e. The van der Waals surface area contributed by atoms with Gasteiger partial charge in [-0.1, -0.05) is 60.5 Å². The number of likely N-dealkylation sites (N-methyl/N-ethyl adjacent to an activating group) is 1. The Balaban J connectivity index is 0.00000462. The third-order valence-corrected chi connectivity index (χ3v) is 10.2. The van der Waals surface area contributed by atoms with Crippen LogP contribution in [0, 0.1) is 12.3 Å². The third-order valence-electron chi connectivity index (χ3n) is 7.37. The maximum absolute atomic E-state index is 13.1. The van der Waals surface area contributed by atoms with Gasteiger partial charge in [-0.25, -0.2) is 17.5 Å². The molecule has 1 saturated heterocycles. The van der Waals surface area contributed by atoms with Gasteiger partial charge in [-0.15, -0.1) is 30.2 Å². The van der Waals surface area contributed by atoms with Gasteiger partial charge in [0.2, 0.25) is 10.0 Å². The summed E-state index contributed by atoms with van der Waals surface area (Å²) < 4.78 is 33.3. The zero-order chi connectivity index (χ0) is 28.4. The summed E-state index contributed by atoms with van der Waals surface area (Å²) in [5.74, 6) is 2.70. The van der Waals surface area contributed by atoms with Crippen molar-refractivity contribution >= 4 is 39.9 Å². The fourth-order valence-electron chi connectivity index (χ4n) is 5.06. The molecule has 0 unspecified atom stereocenters. The lowest BCUT2D eigenvalue weighted by Gasteiger charge is -2.37. The number of hydrogen-bond donors (Lipinski definition) is 0. The number of benzene rings is 2. The average Bonchev–Trinajstić information content (AvgIpc) is 3.53. The highest BCUT2D eigenvalue weighted by atomic mass is 35.5. The van der Waals surface area contributed by atoms with Gasteiger partial charge in [0, 0.05) is 43.5 Å². The second-order valence-electron chi connectivity index (χ2n) is 10.0. The molecular formula is C31H38ClN3O4S2. The summed E-state index contributed by atoms with van der Waals surface area (Å²) in [4.78, 5) is 18.4. The molecule has 0 spiro atoms. The van der Waals surface area contributed by atoms with Crippen LogP contribution in [0.4, 0.5) is 4.79 Å². The number of nitrogens with zero attached hydrogens (tertiary/aromatic N) is 3. The lowest BCUT2D eigenvalue weighted by molar-refractivity contribution is 0.0663. The molecule has 1 fully saturated rings. The van der Waals surface area contributed by atoms with Crippen LogP contribution in [0.5, 0.6) is 0 Å². The molecular weight excluding hydrogens is 578 g/mol. The number of ether oxygens (including phenoxy) is 1. The van der Waals surface area contributed by atoms with E-state index in [9.17, 15) is 13.2 Å². The fourth-order valence-corrected chi connectivity index (χ4v) is 7.16. The number of hydrogen-bond acceptors (Lipinski definition) is 6. The molecule has 0 radical (unpaired) electrons. The van der Waals surface area contributed by atoms with Crippen molar-refractivity contribution in [1.82, 2.24) is 14.1 Å². The predicted molar refractivity (Wildman–Crippen MR) is 167 cm³/mol. The highest BCUT2D eigenvalue weighted by molar-refractivity contribution is 7.89. The van der Waals surface area contributed by atoms with Gasteiger partial charge in [0.15, 0.2) is 0 Å². The lowest BCUT2D eigenvalue weighted by Crippen LogP contribution is -2.48. The minimum atomic E-state index is -3.56. The first kappa shape index (κ1) is 32.6. The molecule has 10 heteroatoms. The Hall–Kier alpha value is -2.87. The van der Waals surface area contributed by atoms with E-state index in [1.54, 1.807) is 47.5 Å². The van der Waals surface area contributed by atoms with Crippen molar-refractivity contribution in [1.29, 1.82) is 0 Å². The Kier molecular flexibility index (Phi) is 12.7. The van der Waals surface area contributed by atoms with Crippen LogP contribution in [0.2, 0.25) is 0 Å². The molecule has 1 aliphatic rings. The lowest BCUT2D eigenvalue weighted by atomic mass is 10.00. The number of sulfonamides is 1.